The van der Waals surface area contributed by atoms with Crippen LogP contribution in [0, 0.1) is 0 Å². The predicted octanol–water partition coefficient (Wildman–Crippen LogP) is 5.43. The minimum atomic E-state index is -0.567. The van der Waals surface area contributed by atoms with Crippen molar-refractivity contribution < 1.29 is 19.0 Å². The second-order valence-corrected chi connectivity index (χ2v) is 9.28. The van der Waals surface area contributed by atoms with Crippen molar-refractivity contribution in [2.24, 2.45) is 0 Å². The number of hydrogen-bond donors (Lipinski definition) is 2. The zero-order valence-corrected chi connectivity index (χ0v) is 21.8. The third-order valence-electron chi connectivity index (χ3n) is 6.65. The van der Waals surface area contributed by atoms with Crippen molar-refractivity contribution in [2.75, 3.05) is 30.5 Å². The van der Waals surface area contributed by atoms with Gasteiger partial charge >= 0.3 is 0 Å². The lowest BCUT2D eigenvalue weighted by Crippen LogP contribution is -2.31. The van der Waals surface area contributed by atoms with Gasteiger partial charge in [0.25, 0.3) is 5.91 Å². The largest absolute Gasteiger partial charge is 0.492 e. The van der Waals surface area contributed by atoms with Crippen LogP contribution in [0.4, 0.5) is 11.6 Å². The first-order chi connectivity index (χ1) is 19.1. The van der Waals surface area contributed by atoms with Crippen molar-refractivity contribution in [3.05, 3.63) is 89.6 Å². The number of carbonyl (C=O) groups excluding carboxylic acids is 1. The molecule has 4 aromatic rings. The summed E-state index contributed by atoms with van der Waals surface area (Å²) in [7, 11) is 0. The Balaban J connectivity index is 1.45. The molecule has 39 heavy (non-hydrogen) atoms. The fraction of sp³-hybridized carbons (Fsp3) is 0.233. The van der Waals surface area contributed by atoms with Gasteiger partial charge in [-0.3, -0.25) is 4.79 Å². The molecule has 0 spiro atoms. The fourth-order valence-electron chi connectivity index (χ4n) is 4.85. The lowest BCUT2D eigenvalue weighted by atomic mass is 9.94. The van der Waals surface area contributed by atoms with Crippen molar-refractivity contribution in [3.63, 3.8) is 0 Å². The number of ether oxygens (including phenoxy) is 3. The lowest BCUT2D eigenvalue weighted by molar-refractivity contribution is -0.113. The van der Waals surface area contributed by atoms with E-state index in [0.717, 1.165) is 17.5 Å². The molecule has 1 unspecified atom stereocenters. The summed E-state index contributed by atoms with van der Waals surface area (Å²) >= 11 is 0. The Labute approximate surface area is 226 Å². The van der Waals surface area contributed by atoms with E-state index in [9.17, 15) is 4.79 Å². The monoisotopic (exact) mass is 523 g/mol. The van der Waals surface area contributed by atoms with E-state index in [1.165, 1.54) is 0 Å². The number of hydrogen-bond acceptors (Lipinski definition) is 7. The molecule has 1 atom stereocenters. The summed E-state index contributed by atoms with van der Waals surface area (Å²) in [6.45, 7) is 5.43. The van der Waals surface area contributed by atoms with E-state index in [1.54, 1.807) is 4.68 Å². The summed E-state index contributed by atoms with van der Waals surface area (Å²) in [4.78, 5) is 18.7. The number of allylic oxidation sites excluding steroid dienone is 1. The number of anilines is 2. The summed E-state index contributed by atoms with van der Waals surface area (Å²) < 4.78 is 19.3. The summed E-state index contributed by atoms with van der Waals surface area (Å²) in [6, 6.07) is 22.4. The first-order valence-electron chi connectivity index (χ1n) is 13.0. The lowest BCUT2D eigenvalue weighted by Gasteiger charge is -2.29. The van der Waals surface area contributed by atoms with Gasteiger partial charge < -0.3 is 24.8 Å². The minimum absolute atomic E-state index is 0.272. The first kappa shape index (κ1) is 24.5. The van der Waals surface area contributed by atoms with Gasteiger partial charge in [-0.25, -0.2) is 4.68 Å². The molecule has 2 aliphatic heterocycles. The second kappa shape index (κ2) is 10.5. The Morgan fingerprint density at radius 1 is 1.05 bits per heavy atom. The van der Waals surface area contributed by atoms with E-state index in [0.29, 0.717) is 65.8 Å². The maximum Gasteiger partial charge on any atom is 0.255 e. The molecule has 1 amide bonds. The Kier molecular flexibility index (Phi) is 6.62. The highest BCUT2D eigenvalue weighted by Crippen LogP contribution is 2.40. The topological polar surface area (TPSA) is 99.5 Å². The van der Waals surface area contributed by atoms with Gasteiger partial charge in [-0.05, 0) is 43.7 Å². The van der Waals surface area contributed by atoms with Gasteiger partial charge in [0.1, 0.15) is 11.8 Å². The zero-order chi connectivity index (χ0) is 26.8. The number of aromatic nitrogens is 3. The second-order valence-electron chi connectivity index (χ2n) is 9.28. The van der Waals surface area contributed by atoms with Crippen LogP contribution in [0.25, 0.3) is 11.4 Å². The SMILES string of the molecule is CCOc1ccccc1NC(=O)C1=C(C)Nc2nc(-c3ccccc3)nn2C1c1ccc2c(c1)OCCCO2. The number of fused-ring (bicyclic) bond motifs is 2. The van der Waals surface area contributed by atoms with Crippen LogP contribution in [0.1, 0.15) is 31.9 Å². The molecule has 3 aromatic carbocycles. The third-order valence-corrected chi connectivity index (χ3v) is 6.65. The van der Waals surface area contributed by atoms with Crippen molar-refractivity contribution >= 4 is 17.5 Å². The summed E-state index contributed by atoms with van der Waals surface area (Å²) in [5.74, 6) is 2.78. The van der Waals surface area contributed by atoms with Crippen LogP contribution in [0.15, 0.2) is 84.1 Å². The number of nitrogens with one attached hydrogen (secondary N) is 2. The van der Waals surface area contributed by atoms with E-state index in [4.69, 9.17) is 24.3 Å². The van der Waals surface area contributed by atoms with Crippen molar-refractivity contribution in [1.29, 1.82) is 0 Å². The van der Waals surface area contributed by atoms with E-state index in [-0.39, 0.29) is 5.91 Å². The molecular formula is C30H29N5O4. The van der Waals surface area contributed by atoms with E-state index >= 15 is 0 Å². The van der Waals surface area contributed by atoms with Gasteiger partial charge in [0.15, 0.2) is 17.3 Å². The Morgan fingerprint density at radius 3 is 2.64 bits per heavy atom. The number of amides is 1. The third kappa shape index (κ3) is 4.79. The quantitative estimate of drug-likeness (QED) is 0.348. The number of para-hydroxylation sites is 2. The van der Waals surface area contributed by atoms with Gasteiger partial charge in [0.05, 0.1) is 31.1 Å². The Hall–Kier alpha value is -4.79. The predicted molar refractivity (Wildman–Crippen MR) is 148 cm³/mol. The molecule has 0 saturated heterocycles. The van der Waals surface area contributed by atoms with Crippen LogP contribution in [-0.4, -0.2) is 40.5 Å². The molecule has 0 fully saturated rings. The summed E-state index contributed by atoms with van der Waals surface area (Å²) in [5.41, 5.74) is 3.49. The maximum atomic E-state index is 14.0. The number of rotatable bonds is 6. The highest BCUT2D eigenvalue weighted by atomic mass is 16.5. The fourth-order valence-corrected chi connectivity index (χ4v) is 4.85. The van der Waals surface area contributed by atoms with Crippen molar-refractivity contribution in [1.82, 2.24) is 14.8 Å². The van der Waals surface area contributed by atoms with Crippen LogP contribution in [-0.2, 0) is 4.79 Å². The Morgan fingerprint density at radius 2 is 1.82 bits per heavy atom. The van der Waals surface area contributed by atoms with Gasteiger partial charge in [-0.2, -0.15) is 4.98 Å². The van der Waals surface area contributed by atoms with Crippen molar-refractivity contribution in [2.45, 2.75) is 26.3 Å². The molecule has 9 heteroatoms. The normalized spacial score (nSPS) is 16.1. The van der Waals surface area contributed by atoms with Crippen LogP contribution in [0.3, 0.4) is 0 Å². The number of benzene rings is 3. The average Bonchev–Trinajstić information content (AvgIpc) is 3.23. The average molecular weight is 524 g/mol. The van der Waals surface area contributed by atoms with Crippen LogP contribution in [0.2, 0.25) is 0 Å². The van der Waals surface area contributed by atoms with Gasteiger partial charge in [-0.1, -0.05) is 48.5 Å². The van der Waals surface area contributed by atoms with E-state index in [2.05, 4.69) is 10.6 Å². The molecular weight excluding hydrogens is 494 g/mol. The zero-order valence-electron chi connectivity index (χ0n) is 21.8. The Bertz CT molecular complexity index is 1550. The number of nitrogens with zero attached hydrogens (tertiary/aromatic N) is 3. The highest BCUT2D eigenvalue weighted by molar-refractivity contribution is 6.06. The van der Waals surface area contributed by atoms with Crippen molar-refractivity contribution in [3.8, 4) is 28.6 Å². The highest BCUT2D eigenvalue weighted by Gasteiger charge is 2.35. The summed E-state index contributed by atoms with van der Waals surface area (Å²) in [5, 5.41) is 11.2. The molecule has 1 aromatic heterocycles. The smallest absolute Gasteiger partial charge is 0.255 e. The van der Waals surface area contributed by atoms with Crippen LogP contribution in [0.5, 0.6) is 17.2 Å². The van der Waals surface area contributed by atoms with Gasteiger partial charge in [0, 0.05) is 17.7 Å². The van der Waals surface area contributed by atoms with Crippen LogP contribution < -0.4 is 24.8 Å². The molecule has 6 rings (SSSR count). The molecule has 9 nitrogen and oxygen atoms in total. The molecule has 2 N–H and O–H groups in total. The molecule has 0 radical (unpaired) electrons. The first-order valence-corrected chi connectivity index (χ1v) is 13.0. The molecule has 0 bridgehead atoms. The van der Waals surface area contributed by atoms with Gasteiger partial charge in [-0.15, -0.1) is 5.10 Å². The van der Waals surface area contributed by atoms with Crippen LogP contribution >= 0.6 is 0 Å². The molecule has 0 saturated carbocycles. The molecule has 0 aliphatic carbocycles. The molecule has 2 aliphatic rings. The van der Waals surface area contributed by atoms with E-state index < -0.39 is 6.04 Å². The standard InChI is InChI=1S/C30H29N5O4/c1-3-37-23-13-8-7-12-22(23)32-29(36)26-19(2)31-30-33-28(20-10-5-4-6-11-20)34-35(30)27(26)21-14-15-24-25(18-21)39-17-9-16-38-24/h4-8,10-15,18,27H,3,9,16-17H2,1-2H3,(H,32,36)(H,31,33,34). The molecule has 3 heterocycles. The summed E-state index contributed by atoms with van der Waals surface area (Å²) in [6.07, 6.45) is 0.803. The van der Waals surface area contributed by atoms with Gasteiger partial charge in [0.2, 0.25) is 5.95 Å². The van der Waals surface area contributed by atoms with E-state index in [1.807, 2.05) is 86.6 Å². The molecule has 198 valence electrons. The minimum Gasteiger partial charge on any atom is -0.492 e. The number of carbonyl (C=O) groups is 1. The maximum absolute atomic E-state index is 14.0.